The number of carbonyl (C=O) groups is 1. The summed E-state index contributed by atoms with van der Waals surface area (Å²) in [5.41, 5.74) is 4.32. The van der Waals surface area contributed by atoms with E-state index >= 15 is 0 Å². The maximum Gasteiger partial charge on any atom is 0.251 e. The van der Waals surface area contributed by atoms with Crippen molar-refractivity contribution in [1.29, 1.82) is 0 Å². The molecule has 0 spiro atoms. The lowest BCUT2D eigenvalue weighted by atomic mass is 9.99. The summed E-state index contributed by atoms with van der Waals surface area (Å²) in [5.74, 6) is 1.58. The topological polar surface area (TPSA) is 41.6 Å². The lowest BCUT2D eigenvalue weighted by molar-refractivity contribution is 0.0947. The third-order valence-electron chi connectivity index (χ3n) is 5.21. The molecule has 0 radical (unpaired) electrons. The van der Waals surface area contributed by atoms with Gasteiger partial charge in [-0.25, -0.2) is 0 Å². The molecule has 0 bridgehead atoms. The van der Waals surface area contributed by atoms with Crippen LogP contribution in [-0.2, 0) is 6.54 Å². The minimum absolute atomic E-state index is 0.0535. The Morgan fingerprint density at radius 3 is 2.54 bits per heavy atom. The first-order valence-corrected chi connectivity index (χ1v) is 10.3. The van der Waals surface area contributed by atoms with Crippen LogP contribution in [0.2, 0.25) is 0 Å². The Hall–Kier alpha value is -2.33. The quantitative estimate of drug-likeness (QED) is 0.727. The first-order valence-electron chi connectivity index (χ1n) is 10.3. The zero-order chi connectivity index (χ0) is 19.9. The lowest BCUT2D eigenvalue weighted by Gasteiger charge is -2.30. The second-order valence-corrected chi connectivity index (χ2v) is 8.11. The van der Waals surface area contributed by atoms with E-state index in [9.17, 15) is 4.79 Å². The van der Waals surface area contributed by atoms with Gasteiger partial charge in [0, 0.05) is 18.7 Å². The van der Waals surface area contributed by atoms with E-state index in [0.29, 0.717) is 18.7 Å². The molecule has 28 heavy (non-hydrogen) atoms. The average molecular weight is 381 g/mol. The Kier molecular flexibility index (Phi) is 7.10. The molecule has 4 nitrogen and oxygen atoms in total. The van der Waals surface area contributed by atoms with Gasteiger partial charge in [0.15, 0.2) is 0 Å². The van der Waals surface area contributed by atoms with Crippen LogP contribution >= 0.6 is 0 Å². The first kappa shape index (κ1) is 20.4. The first-order chi connectivity index (χ1) is 13.5. The molecule has 1 fully saturated rings. The molecular formula is C24H32N2O2. The van der Waals surface area contributed by atoms with Crippen molar-refractivity contribution >= 4 is 5.91 Å². The minimum atomic E-state index is -0.0535. The van der Waals surface area contributed by atoms with Crippen LogP contribution in [0.4, 0.5) is 0 Å². The van der Waals surface area contributed by atoms with Gasteiger partial charge in [-0.05, 0) is 80.1 Å². The summed E-state index contributed by atoms with van der Waals surface area (Å²) in [6.45, 7) is 10.7. The molecule has 150 valence electrons. The van der Waals surface area contributed by atoms with Crippen LogP contribution in [0.5, 0.6) is 5.75 Å². The van der Waals surface area contributed by atoms with Gasteiger partial charge in [-0.3, -0.25) is 9.69 Å². The SMILES string of the molecule is Cc1cc(C)cc(OCCNC(=O)c2ccc(CN3CCC[C@H](C)C3)cc2)c1. The number of amides is 1. The lowest BCUT2D eigenvalue weighted by Crippen LogP contribution is -2.33. The number of hydrogen-bond acceptors (Lipinski definition) is 3. The molecular weight excluding hydrogens is 348 g/mol. The number of nitrogens with zero attached hydrogens (tertiary/aromatic N) is 1. The summed E-state index contributed by atoms with van der Waals surface area (Å²) in [6.07, 6.45) is 2.62. The Bertz CT molecular complexity index is 765. The van der Waals surface area contributed by atoms with E-state index in [1.165, 1.54) is 42.6 Å². The Morgan fingerprint density at radius 1 is 1.14 bits per heavy atom. The average Bonchev–Trinajstić information content (AvgIpc) is 2.65. The van der Waals surface area contributed by atoms with Crippen molar-refractivity contribution in [3.8, 4) is 5.75 Å². The summed E-state index contributed by atoms with van der Waals surface area (Å²) in [4.78, 5) is 14.8. The van der Waals surface area contributed by atoms with E-state index in [0.717, 1.165) is 18.2 Å². The van der Waals surface area contributed by atoms with Crippen LogP contribution in [0.25, 0.3) is 0 Å². The summed E-state index contributed by atoms with van der Waals surface area (Å²) >= 11 is 0. The zero-order valence-electron chi connectivity index (χ0n) is 17.3. The van der Waals surface area contributed by atoms with Crippen LogP contribution in [0.3, 0.4) is 0 Å². The summed E-state index contributed by atoms with van der Waals surface area (Å²) in [7, 11) is 0. The molecule has 1 heterocycles. The van der Waals surface area contributed by atoms with Gasteiger partial charge in [-0.15, -0.1) is 0 Å². The summed E-state index contributed by atoms with van der Waals surface area (Å²) in [6, 6.07) is 14.1. The number of ether oxygens (including phenoxy) is 1. The predicted molar refractivity (Wildman–Crippen MR) is 114 cm³/mol. The zero-order valence-corrected chi connectivity index (χ0v) is 17.3. The Morgan fingerprint density at radius 2 is 1.86 bits per heavy atom. The number of nitrogens with one attached hydrogen (secondary N) is 1. The molecule has 2 aromatic carbocycles. The van der Waals surface area contributed by atoms with Gasteiger partial charge in [-0.1, -0.05) is 25.1 Å². The highest BCUT2D eigenvalue weighted by Crippen LogP contribution is 2.18. The van der Waals surface area contributed by atoms with Gasteiger partial charge in [0.1, 0.15) is 12.4 Å². The molecule has 4 heteroatoms. The number of benzene rings is 2. The molecule has 1 saturated heterocycles. The third kappa shape index (κ3) is 6.10. The van der Waals surface area contributed by atoms with Crippen LogP contribution in [0, 0.1) is 19.8 Å². The Balaban J connectivity index is 1.42. The maximum absolute atomic E-state index is 12.3. The number of aryl methyl sites for hydroxylation is 2. The Labute approximate surface area is 168 Å². The highest BCUT2D eigenvalue weighted by Gasteiger charge is 2.16. The molecule has 3 rings (SSSR count). The van der Waals surface area contributed by atoms with E-state index in [2.05, 4.69) is 49.2 Å². The molecule has 1 atom stereocenters. The standard InChI is InChI=1S/C24H32N2O2/c1-18-5-4-11-26(16-18)17-21-6-8-22(9-7-21)24(27)25-10-12-28-23-14-19(2)13-20(3)15-23/h6-9,13-15,18H,4-5,10-12,16-17H2,1-3H3,(H,25,27)/t18-/m0/s1. The van der Waals surface area contributed by atoms with E-state index < -0.39 is 0 Å². The minimum Gasteiger partial charge on any atom is -0.492 e. The van der Waals surface area contributed by atoms with E-state index in [-0.39, 0.29) is 5.91 Å². The number of carbonyl (C=O) groups excluding carboxylic acids is 1. The second kappa shape index (κ2) is 9.74. The monoisotopic (exact) mass is 380 g/mol. The molecule has 0 aliphatic carbocycles. The van der Waals surface area contributed by atoms with Crippen LogP contribution < -0.4 is 10.1 Å². The van der Waals surface area contributed by atoms with Crippen LogP contribution in [0.15, 0.2) is 42.5 Å². The number of hydrogen-bond donors (Lipinski definition) is 1. The molecule has 0 saturated carbocycles. The van der Waals surface area contributed by atoms with Gasteiger partial charge in [-0.2, -0.15) is 0 Å². The maximum atomic E-state index is 12.3. The van der Waals surface area contributed by atoms with Crippen molar-refractivity contribution in [3.05, 3.63) is 64.7 Å². The molecule has 0 aromatic heterocycles. The fraction of sp³-hybridized carbons (Fsp3) is 0.458. The van der Waals surface area contributed by atoms with Crippen molar-refractivity contribution in [1.82, 2.24) is 10.2 Å². The molecule has 1 N–H and O–H groups in total. The number of likely N-dealkylation sites (tertiary alicyclic amines) is 1. The highest BCUT2D eigenvalue weighted by molar-refractivity contribution is 5.94. The van der Waals surface area contributed by atoms with Crippen molar-refractivity contribution in [2.45, 2.75) is 40.2 Å². The number of piperidine rings is 1. The van der Waals surface area contributed by atoms with Crippen LogP contribution in [0.1, 0.15) is 46.8 Å². The molecule has 1 amide bonds. The van der Waals surface area contributed by atoms with Gasteiger partial charge < -0.3 is 10.1 Å². The van der Waals surface area contributed by atoms with Crippen molar-refractivity contribution in [2.75, 3.05) is 26.2 Å². The van der Waals surface area contributed by atoms with Gasteiger partial charge in [0.05, 0.1) is 6.54 Å². The largest absolute Gasteiger partial charge is 0.492 e. The summed E-state index contributed by atoms with van der Waals surface area (Å²) < 4.78 is 5.75. The normalized spacial score (nSPS) is 17.3. The van der Waals surface area contributed by atoms with Gasteiger partial charge in [0.25, 0.3) is 5.91 Å². The fourth-order valence-electron chi connectivity index (χ4n) is 3.90. The molecule has 1 aliphatic heterocycles. The van der Waals surface area contributed by atoms with E-state index in [1.54, 1.807) is 0 Å². The van der Waals surface area contributed by atoms with Crippen LogP contribution in [-0.4, -0.2) is 37.0 Å². The predicted octanol–water partition coefficient (Wildman–Crippen LogP) is 4.34. The van der Waals surface area contributed by atoms with Crippen molar-refractivity contribution < 1.29 is 9.53 Å². The van der Waals surface area contributed by atoms with Gasteiger partial charge in [0.2, 0.25) is 0 Å². The van der Waals surface area contributed by atoms with Crippen molar-refractivity contribution in [2.24, 2.45) is 5.92 Å². The number of rotatable bonds is 7. The highest BCUT2D eigenvalue weighted by atomic mass is 16.5. The fourth-order valence-corrected chi connectivity index (χ4v) is 3.90. The third-order valence-corrected chi connectivity index (χ3v) is 5.21. The molecule has 0 unspecified atom stereocenters. The molecule has 2 aromatic rings. The van der Waals surface area contributed by atoms with E-state index in [4.69, 9.17) is 4.74 Å². The van der Waals surface area contributed by atoms with Gasteiger partial charge >= 0.3 is 0 Å². The second-order valence-electron chi connectivity index (χ2n) is 8.11. The molecule has 1 aliphatic rings. The van der Waals surface area contributed by atoms with Crippen molar-refractivity contribution in [3.63, 3.8) is 0 Å². The summed E-state index contributed by atoms with van der Waals surface area (Å²) in [5, 5.41) is 2.93. The smallest absolute Gasteiger partial charge is 0.251 e. The van der Waals surface area contributed by atoms with E-state index in [1.807, 2.05) is 24.3 Å².